The fraction of sp³-hybridized carbons (Fsp3) is 0.435. The first-order valence-electron chi connectivity index (χ1n) is 10.4. The van der Waals surface area contributed by atoms with Crippen molar-refractivity contribution in [3.05, 3.63) is 56.7 Å². The largest absolute Gasteiger partial charge is 0.464 e. The van der Waals surface area contributed by atoms with Gasteiger partial charge in [-0.15, -0.1) is 11.3 Å². The highest BCUT2D eigenvalue weighted by molar-refractivity contribution is 7.80. The first kappa shape index (κ1) is 23.7. The summed E-state index contributed by atoms with van der Waals surface area (Å²) in [6.07, 6.45) is 4.41. The first-order chi connectivity index (χ1) is 14.8. The van der Waals surface area contributed by atoms with Crippen molar-refractivity contribution in [2.24, 2.45) is 0 Å². The van der Waals surface area contributed by atoms with Crippen LogP contribution in [0.15, 0.2) is 36.4 Å². The summed E-state index contributed by atoms with van der Waals surface area (Å²) in [6, 6.07) is 9.88. The monoisotopic (exact) mass is 479 g/mol. The Morgan fingerprint density at radius 2 is 1.90 bits per heavy atom. The molecule has 0 bridgehead atoms. The maximum absolute atomic E-state index is 13.4. The lowest BCUT2D eigenvalue weighted by Crippen LogP contribution is -2.50. The van der Waals surface area contributed by atoms with Crippen LogP contribution in [-0.4, -0.2) is 34.6 Å². The molecule has 0 N–H and O–H groups in total. The van der Waals surface area contributed by atoms with E-state index in [4.69, 9.17) is 33.3 Å². The van der Waals surface area contributed by atoms with E-state index in [9.17, 15) is 9.59 Å². The maximum Gasteiger partial charge on any atom is 0.334 e. The van der Waals surface area contributed by atoms with Gasteiger partial charge in [0, 0.05) is 5.56 Å². The molecule has 1 aromatic heterocycles. The molecule has 1 saturated heterocycles. The van der Waals surface area contributed by atoms with E-state index in [0.29, 0.717) is 14.8 Å². The van der Waals surface area contributed by atoms with Crippen LogP contribution in [0.25, 0.3) is 0 Å². The summed E-state index contributed by atoms with van der Waals surface area (Å²) in [6.45, 7) is 5.79. The van der Waals surface area contributed by atoms with Crippen LogP contribution < -0.4 is 0 Å². The van der Waals surface area contributed by atoms with E-state index in [1.807, 2.05) is 12.1 Å². The number of carbonyl (C=O) groups excluding carboxylic acids is 2. The molecule has 166 valence electrons. The lowest BCUT2D eigenvalue weighted by Gasteiger charge is -2.29. The third-order valence-electron chi connectivity index (χ3n) is 5.34. The van der Waals surface area contributed by atoms with Crippen LogP contribution in [-0.2, 0) is 26.3 Å². The Bertz CT molecular complexity index is 959. The number of halogens is 1. The van der Waals surface area contributed by atoms with Crippen molar-refractivity contribution in [1.82, 2.24) is 4.90 Å². The van der Waals surface area contributed by atoms with Gasteiger partial charge in [0.15, 0.2) is 11.6 Å². The number of hydrogen-bond donors (Lipinski definition) is 0. The van der Waals surface area contributed by atoms with Gasteiger partial charge in [0.1, 0.15) is 0 Å². The zero-order chi connectivity index (χ0) is 22.6. The summed E-state index contributed by atoms with van der Waals surface area (Å²) in [4.78, 5) is 28.3. The maximum atomic E-state index is 13.4. The Morgan fingerprint density at radius 3 is 2.48 bits per heavy atom. The van der Waals surface area contributed by atoms with Crippen molar-refractivity contribution in [3.8, 4) is 0 Å². The number of rotatable bonds is 8. The summed E-state index contributed by atoms with van der Waals surface area (Å²) < 4.78 is 11.8. The zero-order valence-electron chi connectivity index (χ0n) is 17.9. The Hall–Kier alpha value is -1.96. The number of benzene rings is 1. The minimum absolute atomic E-state index is 0.0536. The Labute approximate surface area is 197 Å². The molecule has 0 aliphatic carbocycles. The molecular weight excluding hydrogens is 454 g/mol. The normalized spacial score (nSPS) is 20.6. The van der Waals surface area contributed by atoms with Crippen LogP contribution >= 0.6 is 35.2 Å². The second kappa shape index (κ2) is 10.1. The van der Waals surface area contributed by atoms with Crippen molar-refractivity contribution < 1.29 is 19.1 Å². The molecule has 2 heterocycles. The quantitative estimate of drug-likeness (QED) is 0.274. The number of thiophene rings is 1. The van der Waals surface area contributed by atoms with E-state index < -0.39 is 23.5 Å². The predicted octanol–water partition coefficient (Wildman–Crippen LogP) is 5.74. The Kier molecular flexibility index (Phi) is 7.73. The van der Waals surface area contributed by atoms with Gasteiger partial charge in [-0.05, 0) is 68.7 Å². The van der Waals surface area contributed by atoms with Crippen LogP contribution in [0.4, 0.5) is 0 Å². The van der Waals surface area contributed by atoms with E-state index >= 15 is 0 Å². The van der Waals surface area contributed by atoms with Gasteiger partial charge in [-0.25, -0.2) is 9.69 Å². The average Bonchev–Trinajstić information content (AvgIpc) is 3.30. The van der Waals surface area contributed by atoms with Crippen molar-refractivity contribution >= 4 is 52.2 Å². The van der Waals surface area contributed by atoms with Crippen LogP contribution in [0.2, 0.25) is 4.34 Å². The molecule has 1 fully saturated rings. The molecule has 2 aromatic rings. The number of ether oxygens (including phenoxy) is 2. The van der Waals surface area contributed by atoms with Crippen LogP contribution in [0.1, 0.15) is 60.8 Å². The number of carbonyl (C=O) groups is 2. The lowest BCUT2D eigenvalue weighted by atomic mass is 9.93. The van der Waals surface area contributed by atoms with Gasteiger partial charge in [0.2, 0.25) is 0 Å². The summed E-state index contributed by atoms with van der Waals surface area (Å²) >= 11 is 12.8. The highest BCUT2D eigenvalue weighted by Gasteiger charge is 2.58. The van der Waals surface area contributed by atoms with Gasteiger partial charge in [-0.1, -0.05) is 43.5 Å². The number of esters is 1. The summed E-state index contributed by atoms with van der Waals surface area (Å²) in [5, 5.41) is -0.0536. The summed E-state index contributed by atoms with van der Waals surface area (Å²) in [5.74, 6) is -0.964. The first-order valence-corrected chi connectivity index (χ1v) is 12.0. The summed E-state index contributed by atoms with van der Waals surface area (Å²) in [5.41, 5.74) is 0.426. The van der Waals surface area contributed by atoms with Crippen LogP contribution in [0.5, 0.6) is 0 Å². The molecule has 0 saturated carbocycles. The topological polar surface area (TPSA) is 55.8 Å². The lowest BCUT2D eigenvalue weighted by molar-refractivity contribution is -0.151. The van der Waals surface area contributed by atoms with E-state index in [-0.39, 0.29) is 11.8 Å². The van der Waals surface area contributed by atoms with Gasteiger partial charge in [0.25, 0.3) is 11.1 Å². The highest BCUT2D eigenvalue weighted by atomic mass is 35.5. The SMILES string of the molecule is CCCCCc1ccc(C(=O)N2C(=S)OC(C)(c3ccc(Cl)s3)C2C(=O)OCC)cc1. The van der Waals surface area contributed by atoms with Gasteiger partial charge in [-0.3, -0.25) is 4.79 Å². The molecule has 0 spiro atoms. The molecule has 1 amide bonds. The third kappa shape index (κ3) is 4.94. The minimum Gasteiger partial charge on any atom is -0.464 e. The predicted molar refractivity (Wildman–Crippen MR) is 127 cm³/mol. The van der Waals surface area contributed by atoms with Crippen molar-refractivity contribution in [3.63, 3.8) is 0 Å². The standard InChI is InChI=1S/C23H26ClNO4S2/c1-4-6-7-8-15-9-11-16(12-10-15)20(26)25-19(21(27)28-5-2)23(3,29-22(25)30)17-13-14-18(24)31-17/h9-14,19H,4-8H2,1-3H3. The average molecular weight is 480 g/mol. The molecule has 2 atom stereocenters. The molecule has 1 aromatic carbocycles. The van der Waals surface area contributed by atoms with Crippen molar-refractivity contribution in [2.45, 2.75) is 58.1 Å². The second-order valence-electron chi connectivity index (χ2n) is 7.56. The number of thiocarbonyl (C=S) groups is 1. The fourth-order valence-corrected chi connectivity index (χ4v) is 5.20. The molecule has 5 nitrogen and oxygen atoms in total. The number of amides is 1. The fourth-order valence-electron chi connectivity index (χ4n) is 3.69. The Balaban J connectivity index is 1.91. The van der Waals surface area contributed by atoms with Crippen LogP contribution in [0.3, 0.4) is 0 Å². The van der Waals surface area contributed by atoms with Gasteiger partial charge in [0.05, 0.1) is 15.8 Å². The van der Waals surface area contributed by atoms with E-state index in [1.165, 1.54) is 28.2 Å². The summed E-state index contributed by atoms with van der Waals surface area (Å²) in [7, 11) is 0. The van der Waals surface area contributed by atoms with Crippen molar-refractivity contribution in [1.29, 1.82) is 0 Å². The highest BCUT2D eigenvalue weighted by Crippen LogP contribution is 2.44. The number of nitrogens with zero attached hydrogens (tertiary/aromatic N) is 1. The minimum atomic E-state index is -1.18. The zero-order valence-corrected chi connectivity index (χ0v) is 20.2. The molecule has 31 heavy (non-hydrogen) atoms. The molecule has 2 unspecified atom stereocenters. The number of aryl methyl sites for hydroxylation is 1. The second-order valence-corrected chi connectivity index (χ2v) is 9.63. The number of unbranched alkanes of at least 4 members (excludes halogenated alkanes) is 2. The molecule has 8 heteroatoms. The smallest absolute Gasteiger partial charge is 0.334 e. The van der Waals surface area contributed by atoms with E-state index in [2.05, 4.69) is 6.92 Å². The van der Waals surface area contributed by atoms with E-state index in [0.717, 1.165) is 19.3 Å². The molecular formula is C23H26ClNO4S2. The van der Waals surface area contributed by atoms with E-state index in [1.54, 1.807) is 38.1 Å². The Morgan fingerprint density at radius 1 is 1.19 bits per heavy atom. The molecule has 3 rings (SSSR count). The number of hydrogen-bond acceptors (Lipinski definition) is 6. The molecule has 1 aliphatic heterocycles. The van der Waals surface area contributed by atoms with Crippen molar-refractivity contribution in [2.75, 3.05) is 6.61 Å². The van der Waals surface area contributed by atoms with Gasteiger partial charge >= 0.3 is 5.97 Å². The van der Waals surface area contributed by atoms with Crippen LogP contribution in [0, 0.1) is 0 Å². The molecule has 0 radical (unpaired) electrons. The van der Waals surface area contributed by atoms with Gasteiger partial charge < -0.3 is 9.47 Å². The molecule has 1 aliphatic rings. The third-order valence-corrected chi connectivity index (χ3v) is 7.07. The van der Waals surface area contributed by atoms with Gasteiger partial charge in [-0.2, -0.15) is 0 Å².